The highest BCUT2D eigenvalue weighted by Gasteiger charge is 2.08. The van der Waals surface area contributed by atoms with Crippen molar-refractivity contribution < 1.29 is 4.79 Å². The number of aromatic nitrogens is 2. The number of thioether (sulfide) groups is 2. The first-order valence-corrected chi connectivity index (χ1v) is 10.8. The maximum Gasteiger partial charge on any atom is 0.230 e. The molecule has 0 aliphatic rings. The quantitative estimate of drug-likeness (QED) is 0.411. The van der Waals surface area contributed by atoms with Crippen molar-refractivity contribution >= 4 is 51.6 Å². The van der Waals surface area contributed by atoms with Gasteiger partial charge in [0.2, 0.25) is 11.0 Å². The first-order chi connectivity index (χ1) is 12.8. The van der Waals surface area contributed by atoms with Gasteiger partial charge in [-0.25, -0.2) is 0 Å². The molecule has 0 saturated heterocycles. The number of hydrogen-bond donors (Lipinski definition) is 2. The minimum atomic E-state index is 0.0106. The molecule has 5 nitrogen and oxygen atoms in total. The van der Waals surface area contributed by atoms with Gasteiger partial charge in [0.25, 0.3) is 0 Å². The minimum absolute atomic E-state index is 0.0106. The van der Waals surface area contributed by atoms with Crippen LogP contribution < -0.4 is 10.6 Å². The third kappa shape index (κ3) is 6.36. The van der Waals surface area contributed by atoms with Crippen molar-refractivity contribution in [2.75, 3.05) is 23.4 Å². The molecule has 1 amide bonds. The number of rotatable bonds is 9. The fourth-order valence-electron chi connectivity index (χ4n) is 2.02. The lowest BCUT2D eigenvalue weighted by molar-refractivity contribution is -0.118. The Bertz CT molecular complexity index is 812. The van der Waals surface area contributed by atoms with Crippen LogP contribution in [0.3, 0.4) is 0 Å². The summed E-state index contributed by atoms with van der Waals surface area (Å²) in [5.74, 6) is 1.21. The molecule has 0 saturated carbocycles. The summed E-state index contributed by atoms with van der Waals surface area (Å²) in [5.41, 5.74) is 0.967. The van der Waals surface area contributed by atoms with Gasteiger partial charge in [0, 0.05) is 22.9 Å². The highest BCUT2D eigenvalue weighted by molar-refractivity contribution is 8.01. The van der Waals surface area contributed by atoms with E-state index in [0.29, 0.717) is 12.3 Å². The summed E-state index contributed by atoms with van der Waals surface area (Å²) in [5, 5.41) is 15.1. The van der Waals surface area contributed by atoms with Gasteiger partial charge in [-0.2, -0.15) is 0 Å². The molecule has 0 atom stereocenters. The summed E-state index contributed by atoms with van der Waals surface area (Å²) in [6.07, 6.45) is 0. The maximum atomic E-state index is 11.9. The van der Waals surface area contributed by atoms with Crippen molar-refractivity contribution in [3.05, 3.63) is 60.7 Å². The Morgan fingerprint density at radius 2 is 1.69 bits per heavy atom. The summed E-state index contributed by atoms with van der Waals surface area (Å²) < 4.78 is 0.775. The summed E-state index contributed by atoms with van der Waals surface area (Å²) in [4.78, 5) is 13.1. The van der Waals surface area contributed by atoms with Crippen molar-refractivity contribution in [2.45, 2.75) is 9.24 Å². The zero-order valence-electron chi connectivity index (χ0n) is 13.9. The number of carbonyl (C=O) groups is 1. The van der Waals surface area contributed by atoms with E-state index in [1.54, 1.807) is 11.8 Å². The third-order valence-electron chi connectivity index (χ3n) is 3.19. The highest BCUT2D eigenvalue weighted by Crippen LogP contribution is 2.27. The summed E-state index contributed by atoms with van der Waals surface area (Å²) in [7, 11) is 0. The van der Waals surface area contributed by atoms with Gasteiger partial charge in [-0.05, 0) is 24.3 Å². The molecule has 0 bridgehead atoms. The smallest absolute Gasteiger partial charge is 0.230 e. The summed E-state index contributed by atoms with van der Waals surface area (Å²) in [6.45, 7) is 0.649. The van der Waals surface area contributed by atoms with Gasteiger partial charge in [0.05, 0.1) is 5.75 Å². The molecular weight excluding hydrogens is 384 g/mol. The molecule has 134 valence electrons. The van der Waals surface area contributed by atoms with E-state index in [4.69, 9.17) is 0 Å². The summed E-state index contributed by atoms with van der Waals surface area (Å²) in [6, 6.07) is 20.0. The third-order valence-corrected chi connectivity index (χ3v) is 6.18. The van der Waals surface area contributed by atoms with E-state index in [2.05, 4.69) is 33.0 Å². The monoisotopic (exact) mass is 402 g/mol. The van der Waals surface area contributed by atoms with E-state index in [9.17, 15) is 4.79 Å². The second kappa shape index (κ2) is 10.2. The molecule has 3 aromatic rings. The maximum absolute atomic E-state index is 11.9. The van der Waals surface area contributed by atoms with Gasteiger partial charge in [-0.15, -0.1) is 22.0 Å². The fraction of sp³-hybridized carbons (Fsp3) is 0.167. The first-order valence-electron chi connectivity index (χ1n) is 8.02. The van der Waals surface area contributed by atoms with Crippen LogP contribution in [0, 0.1) is 0 Å². The molecule has 1 heterocycles. The molecule has 2 N–H and O–H groups in total. The molecule has 0 aliphatic heterocycles. The van der Waals surface area contributed by atoms with Crippen LogP contribution in [0.2, 0.25) is 0 Å². The van der Waals surface area contributed by atoms with Gasteiger partial charge < -0.3 is 10.6 Å². The average Bonchev–Trinajstić information content (AvgIpc) is 3.12. The Morgan fingerprint density at radius 1 is 0.962 bits per heavy atom. The number of benzene rings is 2. The number of amides is 1. The van der Waals surface area contributed by atoms with Gasteiger partial charge in [0.1, 0.15) is 0 Å². The molecular formula is C18H18N4OS3. The molecule has 26 heavy (non-hydrogen) atoms. The number of carbonyl (C=O) groups excluding carboxylic acids is 1. The number of hydrogen-bond acceptors (Lipinski definition) is 7. The van der Waals surface area contributed by atoms with Crippen molar-refractivity contribution in [1.29, 1.82) is 0 Å². The second-order valence-corrected chi connectivity index (χ2v) is 8.53. The van der Waals surface area contributed by atoms with Crippen LogP contribution in [-0.2, 0) is 4.79 Å². The lowest BCUT2D eigenvalue weighted by Crippen LogP contribution is -2.27. The van der Waals surface area contributed by atoms with E-state index < -0.39 is 0 Å². The number of nitrogens with zero attached hydrogens (tertiary/aromatic N) is 2. The molecule has 0 fully saturated rings. The molecule has 0 radical (unpaired) electrons. The molecule has 3 rings (SSSR count). The van der Waals surface area contributed by atoms with Crippen molar-refractivity contribution in [3.63, 3.8) is 0 Å². The molecule has 8 heteroatoms. The largest absolute Gasteiger partial charge is 0.355 e. The zero-order chi connectivity index (χ0) is 18.0. The van der Waals surface area contributed by atoms with Crippen molar-refractivity contribution in [2.24, 2.45) is 0 Å². The van der Waals surface area contributed by atoms with Crippen LogP contribution in [-0.4, -0.2) is 34.2 Å². The average molecular weight is 403 g/mol. The van der Waals surface area contributed by atoms with Crippen LogP contribution in [0.5, 0.6) is 0 Å². The molecule has 0 unspecified atom stereocenters. The van der Waals surface area contributed by atoms with Crippen LogP contribution in [0.4, 0.5) is 10.8 Å². The van der Waals surface area contributed by atoms with Crippen LogP contribution in [0.15, 0.2) is 69.9 Å². The fourth-order valence-corrected chi connectivity index (χ4v) is 4.41. The van der Waals surface area contributed by atoms with E-state index in [1.165, 1.54) is 28.0 Å². The molecule has 1 aromatic heterocycles. The Labute approximate surface area is 165 Å². The molecule has 2 aromatic carbocycles. The van der Waals surface area contributed by atoms with Crippen molar-refractivity contribution in [3.8, 4) is 0 Å². The van der Waals surface area contributed by atoms with E-state index in [0.717, 1.165) is 20.9 Å². The molecule has 0 spiro atoms. The zero-order valence-corrected chi connectivity index (χ0v) is 16.4. The normalized spacial score (nSPS) is 10.5. The second-order valence-electron chi connectivity index (χ2n) is 5.16. The number of nitrogens with one attached hydrogen (secondary N) is 2. The lowest BCUT2D eigenvalue weighted by atomic mass is 10.3. The van der Waals surface area contributed by atoms with E-state index >= 15 is 0 Å². The Kier molecular flexibility index (Phi) is 7.36. The first kappa shape index (κ1) is 18.8. The summed E-state index contributed by atoms with van der Waals surface area (Å²) >= 11 is 4.57. The Hall–Kier alpha value is -2.03. The van der Waals surface area contributed by atoms with Crippen LogP contribution >= 0.6 is 34.9 Å². The SMILES string of the molecule is O=C(CSc1nnc(Nc2ccccc2)s1)NCCSc1ccccc1. The standard InChI is InChI=1S/C18H18N4OS3/c23-16(19-11-12-24-15-9-5-2-6-10-15)13-25-18-22-21-17(26-18)20-14-7-3-1-4-8-14/h1-10H,11-13H2,(H,19,23)(H,20,21). The predicted molar refractivity (Wildman–Crippen MR) is 111 cm³/mol. The predicted octanol–water partition coefficient (Wildman–Crippen LogP) is 4.28. The van der Waals surface area contributed by atoms with Gasteiger partial charge >= 0.3 is 0 Å². The van der Waals surface area contributed by atoms with Crippen molar-refractivity contribution in [1.82, 2.24) is 15.5 Å². The minimum Gasteiger partial charge on any atom is -0.355 e. The van der Waals surface area contributed by atoms with Crippen LogP contribution in [0.1, 0.15) is 0 Å². The Balaban J connectivity index is 1.34. The number of para-hydroxylation sites is 1. The topological polar surface area (TPSA) is 66.9 Å². The van der Waals surface area contributed by atoms with Gasteiger partial charge in [0.15, 0.2) is 4.34 Å². The molecule has 0 aliphatic carbocycles. The lowest BCUT2D eigenvalue weighted by Gasteiger charge is -2.04. The highest BCUT2D eigenvalue weighted by atomic mass is 32.2. The number of anilines is 2. The van der Waals surface area contributed by atoms with E-state index in [-0.39, 0.29) is 5.91 Å². The van der Waals surface area contributed by atoms with Crippen LogP contribution in [0.25, 0.3) is 0 Å². The Morgan fingerprint density at radius 3 is 2.46 bits per heavy atom. The van der Waals surface area contributed by atoms with Gasteiger partial charge in [-0.1, -0.05) is 59.5 Å². The van der Waals surface area contributed by atoms with E-state index in [1.807, 2.05) is 48.5 Å². The van der Waals surface area contributed by atoms with Gasteiger partial charge in [-0.3, -0.25) is 4.79 Å².